The van der Waals surface area contributed by atoms with Crippen LogP contribution in [0.25, 0.3) is 11.1 Å². The summed E-state index contributed by atoms with van der Waals surface area (Å²) in [4.78, 5) is 4.51. The number of halogens is 2. The van der Waals surface area contributed by atoms with Gasteiger partial charge in [-0.1, -0.05) is 36.6 Å². The van der Waals surface area contributed by atoms with E-state index in [2.05, 4.69) is 4.98 Å². The molecular formula is C17H17ClFN. The van der Waals surface area contributed by atoms with Crippen LogP contribution in [0.3, 0.4) is 0 Å². The van der Waals surface area contributed by atoms with Gasteiger partial charge in [0.15, 0.2) is 0 Å². The molecular weight excluding hydrogens is 273 g/mol. The average molecular weight is 290 g/mol. The highest BCUT2D eigenvalue weighted by atomic mass is 35.5. The van der Waals surface area contributed by atoms with Gasteiger partial charge < -0.3 is 0 Å². The van der Waals surface area contributed by atoms with Gasteiger partial charge in [0, 0.05) is 5.69 Å². The Labute approximate surface area is 123 Å². The Morgan fingerprint density at radius 2 is 1.65 bits per heavy atom. The molecule has 104 valence electrons. The van der Waals surface area contributed by atoms with Crippen LogP contribution in [0, 0.1) is 5.82 Å². The number of nitrogens with zero attached hydrogens (tertiary/aromatic N) is 1. The maximum absolute atomic E-state index is 13.1. The Morgan fingerprint density at radius 1 is 0.950 bits per heavy atom. The Hall–Kier alpha value is -1.41. The summed E-state index contributed by atoms with van der Waals surface area (Å²) < 4.78 is 13.1. The van der Waals surface area contributed by atoms with Crippen LogP contribution in [-0.2, 0) is 12.8 Å². The number of fused-ring (bicyclic) bond motifs is 1. The molecule has 0 radical (unpaired) electrons. The van der Waals surface area contributed by atoms with Gasteiger partial charge in [0.05, 0.1) is 0 Å². The van der Waals surface area contributed by atoms with E-state index in [4.69, 9.17) is 11.6 Å². The van der Waals surface area contributed by atoms with Crippen LogP contribution in [-0.4, -0.2) is 4.98 Å². The molecule has 0 atom stereocenters. The SMILES string of the molecule is Fc1ccc(-c2cc(Cl)nc3c2CCCCCC3)cc1. The molecule has 0 spiro atoms. The second-order valence-electron chi connectivity index (χ2n) is 5.34. The van der Waals surface area contributed by atoms with Crippen molar-refractivity contribution >= 4 is 11.6 Å². The molecule has 1 aromatic heterocycles. The van der Waals surface area contributed by atoms with Crippen LogP contribution in [0.2, 0.25) is 5.15 Å². The van der Waals surface area contributed by atoms with Gasteiger partial charge in [-0.3, -0.25) is 0 Å². The summed E-state index contributed by atoms with van der Waals surface area (Å²) in [6, 6.07) is 8.55. The van der Waals surface area contributed by atoms with Gasteiger partial charge in [0.1, 0.15) is 11.0 Å². The zero-order valence-corrected chi connectivity index (χ0v) is 12.1. The first-order valence-corrected chi connectivity index (χ1v) is 7.56. The minimum absolute atomic E-state index is 0.211. The fraction of sp³-hybridized carbons (Fsp3) is 0.353. The van der Waals surface area contributed by atoms with Crippen LogP contribution in [0.5, 0.6) is 0 Å². The summed E-state index contributed by atoms with van der Waals surface area (Å²) in [5.41, 5.74) is 4.55. The minimum Gasteiger partial charge on any atom is -0.241 e. The summed E-state index contributed by atoms with van der Waals surface area (Å²) in [5, 5.41) is 0.531. The van der Waals surface area contributed by atoms with E-state index in [9.17, 15) is 4.39 Å². The van der Waals surface area contributed by atoms with Crippen molar-refractivity contribution in [2.75, 3.05) is 0 Å². The highest BCUT2D eigenvalue weighted by Gasteiger charge is 2.15. The van der Waals surface area contributed by atoms with E-state index in [1.165, 1.54) is 43.4 Å². The fourth-order valence-electron chi connectivity index (χ4n) is 2.91. The molecule has 20 heavy (non-hydrogen) atoms. The number of hydrogen-bond donors (Lipinski definition) is 0. The number of rotatable bonds is 1. The Balaban J connectivity index is 2.11. The first kappa shape index (κ1) is 13.6. The van der Waals surface area contributed by atoms with Gasteiger partial charge in [0.25, 0.3) is 0 Å². The van der Waals surface area contributed by atoms with Gasteiger partial charge in [-0.15, -0.1) is 0 Å². The maximum atomic E-state index is 13.1. The van der Waals surface area contributed by atoms with Gasteiger partial charge >= 0.3 is 0 Å². The van der Waals surface area contributed by atoms with Crippen molar-refractivity contribution in [1.29, 1.82) is 0 Å². The third-order valence-electron chi connectivity index (χ3n) is 3.92. The van der Waals surface area contributed by atoms with Crippen molar-refractivity contribution in [2.24, 2.45) is 0 Å². The lowest BCUT2D eigenvalue weighted by atomic mass is 9.91. The highest BCUT2D eigenvalue weighted by molar-refractivity contribution is 6.29. The smallest absolute Gasteiger partial charge is 0.129 e. The monoisotopic (exact) mass is 289 g/mol. The minimum atomic E-state index is -0.211. The van der Waals surface area contributed by atoms with Crippen molar-refractivity contribution in [2.45, 2.75) is 38.5 Å². The van der Waals surface area contributed by atoms with E-state index in [-0.39, 0.29) is 5.82 Å². The third kappa shape index (κ3) is 2.85. The lowest BCUT2D eigenvalue weighted by Crippen LogP contribution is -2.05. The van der Waals surface area contributed by atoms with Crippen molar-refractivity contribution in [3.8, 4) is 11.1 Å². The largest absolute Gasteiger partial charge is 0.241 e. The molecule has 1 heterocycles. The van der Waals surface area contributed by atoms with Crippen LogP contribution in [0.4, 0.5) is 4.39 Å². The predicted octanol–water partition coefficient (Wildman–Crippen LogP) is 5.20. The lowest BCUT2D eigenvalue weighted by molar-refractivity contribution is 0.609. The first-order chi connectivity index (χ1) is 9.74. The normalized spacial score (nSPS) is 15.3. The van der Waals surface area contributed by atoms with E-state index >= 15 is 0 Å². The van der Waals surface area contributed by atoms with Crippen LogP contribution >= 0.6 is 11.6 Å². The van der Waals surface area contributed by atoms with Crippen molar-refractivity contribution < 1.29 is 4.39 Å². The van der Waals surface area contributed by atoms with E-state index in [1.807, 2.05) is 18.2 Å². The van der Waals surface area contributed by atoms with Crippen molar-refractivity contribution in [1.82, 2.24) is 4.98 Å². The zero-order chi connectivity index (χ0) is 13.9. The van der Waals surface area contributed by atoms with Crippen LogP contribution in [0.1, 0.15) is 36.9 Å². The van der Waals surface area contributed by atoms with Crippen molar-refractivity contribution in [3.63, 3.8) is 0 Å². The van der Waals surface area contributed by atoms with E-state index < -0.39 is 0 Å². The van der Waals surface area contributed by atoms with Gasteiger partial charge in [-0.25, -0.2) is 9.37 Å². The van der Waals surface area contributed by atoms with Crippen molar-refractivity contribution in [3.05, 3.63) is 52.6 Å². The molecule has 0 unspecified atom stereocenters. The van der Waals surface area contributed by atoms with Crippen LogP contribution < -0.4 is 0 Å². The number of hydrogen-bond acceptors (Lipinski definition) is 1. The number of benzene rings is 1. The Bertz CT molecular complexity index is 607. The molecule has 1 aliphatic carbocycles. The second-order valence-corrected chi connectivity index (χ2v) is 5.73. The molecule has 3 heteroatoms. The number of pyridine rings is 1. The topological polar surface area (TPSA) is 12.9 Å². The quantitative estimate of drug-likeness (QED) is 0.658. The van der Waals surface area contributed by atoms with Gasteiger partial charge in [-0.05, 0) is 60.6 Å². The molecule has 0 N–H and O–H groups in total. The van der Waals surface area contributed by atoms with E-state index in [0.29, 0.717) is 5.15 Å². The van der Waals surface area contributed by atoms with Gasteiger partial charge in [0.2, 0.25) is 0 Å². The summed E-state index contributed by atoms with van der Waals surface area (Å²) in [6.07, 6.45) is 6.91. The zero-order valence-electron chi connectivity index (χ0n) is 11.3. The molecule has 0 saturated heterocycles. The molecule has 3 rings (SSSR count). The van der Waals surface area contributed by atoms with E-state index in [0.717, 1.165) is 29.7 Å². The summed E-state index contributed by atoms with van der Waals surface area (Å²) >= 11 is 6.17. The fourth-order valence-corrected chi connectivity index (χ4v) is 3.12. The highest BCUT2D eigenvalue weighted by Crippen LogP contribution is 2.31. The lowest BCUT2D eigenvalue weighted by Gasteiger charge is -2.17. The third-order valence-corrected chi connectivity index (χ3v) is 4.12. The molecule has 1 aromatic carbocycles. The Kier molecular flexibility index (Phi) is 4.02. The molecule has 0 aliphatic heterocycles. The standard InChI is InChI=1S/C17H17ClFN/c18-17-11-15(12-7-9-13(19)10-8-12)14-5-3-1-2-4-6-16(14)20-17/h7-11H,1-6H2. The summed E-state index contributed by atoms with van der Waals surface area (Å²) in [7, 11) is 0. The molecule has 2 aromatic rings. The molecule has 0 amide bonds. The molecule has 1 nitrogen and oxygen atoms in total. The number of aryl methyl sites for hydroxylation is 1. The molecule has 0 fully saturated rings. The predicted molar refractivity (Wildman–Crippen MR) is 80.5 cm³/mol. The van der Waals surface area contributed by atoms with Crippen LogP contribution in [0.15, 0.2) is 30.3 Å². The Morgan fingerprint density at radius 3 is 2.40 bits per heavy atom. The average Bonchev–Trinajstić information content (AvgIpc) is 2.41. The maximum Gasteiger partial charge on any atom is 0.129 e. The van der Waals surface area contributed by atoms with Gasteiger partial charge in [-0.2, -0.15) is 0 Å². The van der Waals surface area contributed by atoms with E-state index in [1.54, 1.807) is 0 Å². The second kappa shape index (κ2) is 5.92. The molecule has 0 saturated carbocycles. The first-order valence-electron chi connectivity index (χ1n) is 7.18. The molecule has 0 bridgehead atoms. The summed E-state index contributed by atoms with van der Waals surface area (Å²) in [5.74, 6) is -0.211. The number of aromatic nitrogens is 1. The molecule has 1 aliphatic rings. The summed E-state index contributed by atoms with van der Waals surface area (Å²) in [6.45, 7) is 0.